The molecule has 6 nitrogen and oxygen atoms in total. The zero-order valence-corrected chi connectivity index (χ0v) is 11.4. The van der Waals surface area contributed by atoms with E-state index in [-0.39, 0.29) is 29.6 Å². The third kappa shape index (κ3) is 2.71. The van der Waals surface area contributed by atoms with Crippen LogP contribution in [0.4, 0.5) is 11.4 Å². The maximum atomic E-state index is 11.9. The van der Waals surface area contributed by atoms with E-state index in [0.29, 0.717) is 18.7 Å². The maximum Gasteiger partial charge on any atom is 0.257 e. The van der Waals surface area contributed by atoms with Crippen LogP contribution in [0.2, 0.25) is 0 Å². The minimum absolute atomic E-state index is 0. The van der Waals surface area contributed by atoms with Crippen molar-refractivity contribution in [2.45, 2.75) is 19.3 Å². The molecule has 6 heteroatoms. The monoisotopic (exact) mass is 288 g/mol. The van der Waals surface area contributed by atoms with Crippen LogP contribution in [0.3, 0.4) is 0 Å². The van der Waals surface area contributed by atoms with Crippen LogP contribution in [0.5, 0.6) is 0 Å². The third-order valence-electron chi connectivity index (χ3n) is 3.50. The van der Waals surface area contributed by atoms with Gasteiger partial charge >= 0.3 is 0 Å². The molecular weight excluding hydrogens is 272 g/mol. The van der Waals surface area contributed by atoms with Gasteiger partial charge in [-0.25, -0.2) is 4.90 Å². The van der Waals surface area contributed by atoms with Crippen molar-refractivity contribution < 1.29 is 19.9 Å². The van der Waals surface area contributed by atoms with Gasteiger partial charge in [0.2, 0.25) is 11.8 Å². The second-order valence-electron chi connectivity index (χ2n) is 4.84. The molecule has 2 N–H and O–H groups in total. The highest BCUT2D eigenvalue weighted by Gasteiger charge is 2.26. The number of carbonyl (C=O) groups excluding carboxylic acids is 3. The molecule has 2 heterocycles. The summed E-state index contributed by atoms with van der Waals surface area (Å²) in [7, 11) is 0. The summed E-state index contributed by atoms with van der Waals surface area (Å²) in [5.74, 6) is -0.508. The molecule has 1 aromatic carbocycles. The minimum Gasteiger partial charge on any atom is -0.412 e. The van der Waals surface area contributed by atoms with Gasteiger partial charge in [0.1, 0.15) is 0 Å². The lowest BCUT2D eigenvalue weighted by atomic mass is 10.2. The number of hydrogen-bond donors (Lipinski definition) is 0. The van der Waals surface area contributed by atoms with Crippen molar-refractivity contribution in [3.8, 4) is 0 Å². The van der Waals surface area contributed by atoms with E-state index in [4.69, 9.17) is 0 Å². The number of imide groups is 1. The summed E-state index contributed by atoms with van der Waals surface area (Å²) >= 11 is 0. The largest absolute Gasteiger partial charge is 0.412 e. The molecule has 0 saturated carbocycles. The van der Waals surface area contributed by atoms with Crippen LogP contribution in [0.15, 0.2) is 36.4 Å². The molecule has 3 amide bonds. The minimum atomic E-state index is -0.342. The zero-order valence-electron chi connectivity index (χ0n) is 11.4. The fourth-order valence-corrected chi connectivity index (χ4v) is 2.54. The molecule has 0 unspecified atom stereocenters. The Balaban J connectivity index is 0.00000161. The molecule has 0 bridgehead atoms. The number of hydrogen-bond acceptors (Lipinski definition) is 3. The van der Waals surface area contributed by atoms with Crippen LogP contribution in [-0.2, 0) is 14.4 Å². The van der Waals surface area contributed by atoms with Gasteiger partial charge in [-0.15, -0.1) is 0 Å². The average molecular weight is 288 g/mol. The summed E-state index contributed by atoms with van der Waals surface area (Å²) in [6.07, 6.45) is 4.57. The smallest absolute Gasteiger partial charge is 0.257 e. The fourth-order valence-electron chi connectivity index (χ4n) is 2.54. The van der Waals surface area contributed by atoms with Crippen molar-refractivity contribution in [1.29, 1.82) is 0 Å². The molecule has 1 aromatic rings. The van der Waals surface area contributed by atoms with Crippen molar-refractivity contribution in [1.82, 2.24) is 0 Å². The van der Waals surface area contributed by atoms with Crippen LogP contribution in [0, 0.1) is 0 Å². The Hall–Kier alpha value is -2.47. The van der Waals surface area contributed by atoms with Gasteiger partial charge in [0.15, 0.2) is 0 Å². The van der Waals surface area contributed by atoms with E-state index in [0.717, 1.165) is 17.0 Å². The number of rotatable bonds is 2. The Morgan fingerprint density at radius 3 is 2.43 bits per heavy atom. The summed E-state index contributed by atoms with van der Waals surface area (Å²) in [6, 6.07) is 7.01. The molecule has 2 aliphatic rings. The second kappa shape index (κ2) is 5.88. The molecule has 0 radical (unpaired) electrons. The summed E-state index contributed by atoms with van der Waals surface area (Å²) in [5, 5.41) is 0. The molecule has 0 spiro atoms. The van der Waals surface area contributed by atoms with Gasteiger partial charge in [-0.3, -0.25) is 14.4 Å². The van der Waals surface area contributed by atoms with E-state index in [1.807, 2.05) is 6.07 Å². The van der Waals surface area contributed by atoms with Gasteiger partial charge in [-0.05, 0) is 24.6 Å². The van der Waals surface area contributed by atoms with Crippen molar-refractivity contribution in [2.75, 3.05) is 16.3 Å². The van der Waals surface area contributed by atoms with Gasteiger partial charge in [-0.1, -0.05) is 12.1 Å². The molecule has 0 atom stereocenters. The lowest BCUT2D eigenvalue weighted by molar-refractivity contribution is -0.124. The summed E-state index contributed by atoms with van der Waals surface area (Å²) < 4.78 is 0. The predicted molar refractivity (Wildman–Crippen MR) is 77.9 cm³/mol. The van der Waals surface area contributed by atoms with Crippen LogP contribution < -0.4 is 9.80 Å². The quantitative estimate of drug-likeness (QED) is 0.754. The van der Waals surface area contributed by atoms with Gasteiger partial charge in [-0.2, -0.15) is 0 Å². The highest BCUT2D eigenvalue weighted by atomic mass is 16.2. The molecule has 1 saturated heterocycles. The highest BCUT2D eigenvalue weighted by molar-refractivity contribution is 6.21. The van der Waals surface area contributed by atoms with Crippen LogP contribution in [0.1, 0.15) is 19.3 Å². The summed E-state index contributed by atoms with van der Waals surface area (Å²) in [6.45, 7) is 0.685. The Morgan fingerprint density at radius 2 is 1.76 bits per heavy atom. The molecule has 110 valence electrons. The summed E-state index contributed by atoms with van der Waals surface area (Å²) in [5.41, 5.74) is 1.25. The van der Waals surface area contributed by atoms with E-state index in [9.17, 15) is 14.4 Å². The molecule has 1 fully saturated rings. The number of anilines is 2. The van der Waals surface area contributed by atoms with Crippen LogP contribution in [-0.4, -0.2) is 29.7 Å². The molecule has 0 aromatic heterocycles. The Labute approximate surface area is 121 Å². The SMILES string of the molecule is O.O=C1CCCN1c1cccc(N2C(=O)C=CCC2=O)c1. The lowest BCUT2D eigenvalue weighted by Gasteiger charge is -2.23. The van der Waals surface area contributed by atoms with Crippen molar-refractivity contribution >= 4 is 29.1 Å². The topological polar surface area (TPSA) is 89.2 Å². The standard InChI is InChI=1S/C15H14N2O3.H2O/c18-13-8-3-9-16(13)11-4-1-5-12(10-11)17-14(19)6-2-7-15(17)20;/h1-2,4-6,10H,3,7-9H2;1H2. The predicted octanol–water partition coefficient (Wildman–Crippen LogP) is 0.808. The third-order valence-corrected chi connectivity index (χ3v) is 3.50. The fraction of sp³-hybridized carbons (Fsp3) is 0.267. The van der Waals surface area contributed by atoms with Crippen molar-refractivity contribution in [3.05, 3.63) is 36.4 Å². The van der Waals surface area contributed by atoms with E-state index in [2.05, 4.69) is 0 Å². The molecule has 0 aliphatic carbocycles. The first kappa shape index (κ1) is 14.9. The highest BCUT2D eigenvalue weighted by Crippen LogP contribution is 2.27. The first-order valence-corrected chi connectivity index (χ1v) is 6.61. The second-order valence-corrected chi connectivity index (χ2v) is 4.84. The zero-order chi connectivity index (χ0) is 14.1. The number of amides is 3. The van der Waals surface area contributed by atoms with Gasteiger partial charge in [0, 0.05) is 31.1 Å². The van der Waals surface area contributed by atoms with E-state index in [1.54, 1.807) is 29.2 Å². The van der Waals surface area contributed by atoms with Crippen molar-refractivity contribution in [3.63, 3.8) is 0 Å². The van der Waals surface area contributed by atoms with Crippen molar-refractivity contribution in [2.24, 2.45) is 0 Å². The molecule has 2 aliphatic heterocycles. The Kier molecular flexibility index (Phi) is 4.18. The average Bonchev–Trinajstić information content (AvgIpc) is 2.85. The van der Waals surface area contributed by atoms with Crippen LogP contribution in [0.25, 0.3) is 0 Å². The molecular formula is C15H16N2O4. The van der Waals surface area contributed by atoms with Crippen LogP contribution >= 0.6 is 0 Å². The number of carbonyl (C=O) groups is 3. The normalized spacial score (nSPS) is 18.2. The first-order chi connectivity index (χ1) is 9.66. The maximum absolute atomic E-state index is 11.9. The van der Waals surface area contributed by atoms with Gasteiger partial charge in [0.05, 0.1) is 5.69 Å². The Bertz CT molecular complexity index is 624. The number of nitrogens with zero attached hydrogens (tertiary/aromatic N) is 2. The van der Waals surface area contributed by atoms with Gasteiger partial charge in [0.25, 0.3) is 5.91 Å². The summed E-state index contributed by atoms with van der Waals surface area (Å²) in [4.78, 5) is 38.3. The Morgan fingerprint density at radius 1 is 1.00 bits per heavy atom. The number of benzene rings is 1. The molecule has 3 rings (SSSR count). The van der Waals surface area contributed by atoms with E-state index < -0.39 is 0 Å². The van der Waals surface area contributed by atoms with Gasteiger partial charge < -0.3 is 10.4 Å². The van der Waals surface area contributed by atoms with E-state index >= 15 is 0 Å². The first-order valence-electron chi connectivity index (χ1n) is 6.61. The molecule has 21 heavy (non-hydrogen) atoms. The van der Waals surface area contributed by atoms with E-state index in [1.165, 1.54) is 6.08 Å². The lowest BCUT2D eigenvalue weighted by Crippen LogP contribution is -2.37.